The second-order valence-electron chi connectivity index (χ2n) is 15.6. The molecule has 1 aromatic carbocycles. The molecule has 4 N–H and O–H groups in total. The molecule has 0 aromatic heterocycles. The zero-order chi connectivity index (χ0) is 32.7. The Bertz CT molecular complexity index is 1490. The van der Waals surface area contributed by atoms with Crippen LogP contribution < -0.4 is 0 Å². The molecule has 4 aliphatic rings. The Morgan fingerprint density at radius 2 is 1.64 bits per heavy atom. The zero-order valence-corrected chi connectivity index (χ0v) is 27.6. The van der Waals surface area contributed by atoms with Crippen molar-refractivity contribution in [1.82, 2.24) is 0 Å². The maximum atomic E-state index is 14.6. The largest absolute Gasteiger partial charge is 0.511 e. The topological polar surface area (TPSA) is 132 Å². The number of hydrogen-bond donors (Lipinski definition) is 4. The van der Waals surface area contributed by atoms with E-state index in [9.17, 15) is 34.8 Å². The molecule has 7 heteroatoms. The molecule has 4 aliphatic carbocycles. The second kappa shape index (κ2) is 10.9. The second-order valence-corrected chi connectivity index (χ2v) is 15.6. The van der Waals surface area contributed by atoms with E-state index in [1.807, 2.05) is 26.8 Å². The van der Waals surface area contributed by atoms with Crippen molar-refractivity contribution in [3.63, 3.8) is 0 Å². The molecule has 5 rings (SSSR count). The van der Waals surface area contributed by atoms with Crippen LogP contribution in [-0.2, 0) is 22.4 Å². The molecule has 0 aliphatic heterocycles. The van der Waals surface area contributed by atoms with E-state index in [0.29, 0.717) is 24.3 Å². The predicted octanol–water partition coefficient (Wildman–Crippen LogP) is 7.23. The average Bonchev–Trinajstić information content (AvgIpc) is 2.90. The Hall–Kier alpha value is -2.93. The summed E-state index contributed by atoms with van der Waals surface area (Å²) in [6.07, 6.45) is 6.71. The lowest BCUT2D eigenvalue weighted by atomic mass is 9.44. The van der Waals surface area contributed by atoms with E-state index in [1.165, 1.54) is 12.8 Å². The lowest BCUT2D eigenvalue weighted by Gasteiger charge is -2.59. The first kappa shape index (κ1) is 32.5. The number of benzene rings is 1. The van der Waals surface area contributed by atoms with Crippen LogP contribution in [-0.4, -0.2) is 43.4 Å². The van der Waals surface area contributed by atoms with Crippen LogP contribution in [0.25, 0.3) is 0 Å². The van der Waals surface area contributed by atoms with Gasteiger partial charge in [0.2, 0.25) is 5.78 Å². The Labute approximate surface area is 261 Å². The molecule has 44 heavy (non-hydrogen) atoms. The van der Waals surface area contributed by atoms with Gasteiger partial charge in [0.1, 0.15) is 22.8 Å². The molecular formula is C37H50O7. The standard InChI is InChI=1S/C37H50O7/c1-18(2)24-15-23(14-13-22-11-9-20(5)10-12-22)30(39)27-25(24)16-35(7)17-36(8)28(19(3)4)31(40)26(21(6)38)33(42)37(36,44)34(43)29(35)32(27)41/h15,18-20,22,28,39-40,43-44H,9-14,16-17H2,1-8H3/t20?,22?,28?,35-,36-,37+/m1/s1. The minimum absolute atomic E-state index is 0.0649. The number of carbonyl (C=O) groups excluding carboxylic acids is 3. The number of aromatic hydroxyl groups is 1. The summed E-state index contributed by atoms with van der Waals surface area (Å²) in [5.74, 6) is -3.36. The van der Waals surface area contributed by atoms with Gasteiger partial charge in [0.25, 0.3) is 0 Å². The van der Waals surface area contributed by atoms with Crippen molar-refractivity contribution in [2.75, 3.05) is 0 Å². The summed E-state index contributed by atoms with van der Waals surface area (Å²) in [4.78, 5) is 41.1. The lowest BCUT2D eigenvalue weighted by Crippen LogP contribution is -2.67. The van der Waals surface area contributed by atoms with Crippen molar-refractivity contribution < 1.29 is 34.8 Å². The summed E-state index contributed by atoms with van der Waals surface area (Å²) in [6, 6.07) is 2.05. The van der Waals surface area contributed by atoms with Crippen molar-refractivity contribution in [2.24, 2.45) is 34.5 Å². The van der Waals surface area contributed by atoms with Crippen molar-refractivity contribution in [2.45, 2.75) is 118 Å². The number of rotatable bonds is 6. The van der Waals surface area contributed by atoms with Gasteiger partial charge >= 0.3 is 0 Å². The van der Waals surface area contributed by atoms with Gasteiger partial charge in [-0.25, -0.2) is 0 Å². The monoisotopic (exact) mass is 606 g/mol. The number of aryl methyl sites for hydroxylation is 1. The molecule has 0 saturated heterocycles. The average molecular weight is 607 g/mol. The Morgan fingerprint density at radius 1 is 1.02 bits per heavy atom. The summed E-state index contributed by atoms with van der Waals surface area (Å²) >= 11 is 0. The molecule has 1 aromatic rings. The molecule has 7 nitrogen and oxygen atoms in total. The highest BCUT2D eigenvalue weighted by molar-refractivity contribution is 6.25. The number of allylic oxidation sites excluding steroid dienone is 2. The Balaban J connectivity index is 1.68. The molecule has 1 saturated carbocycles. The third kappa shape index (κ3) is 4.51. The number of aliphatic hydroxyl groups is 3. The van der Waals surface area contributed by atoms with E-state index in [1.54, 1.807) is 6.92 Å². The number of phenols is 1. The maximum absolute atomic E-state index is 14.6. The van der Waals surface area contributed by atoms with Crippen molar-refractivity contribution in [3.8, 4) is 5.75 Å². The summed E-state index contributed by atoms with van der Waals surface area (Å²) in [5, 5.41) is 47.2. The number of fused-ring (bicyclic) bond motifs is 3. The highest BCUT2D eigenvalue weighted by Crippen LogP contribution is 2.65. The van der Waals surface area contributed by atoms with Crippen molar-refractivity contribution in [1.29, 1.82) is 0 Å². The van der Waals surface area contributed by atoms with Gasteiger partial charge in [0.05, 0.1) is 5.56 Å². The first-order valence-corrected chi connectivity index (χ1v) is 16.5. The van der Waals surface area contributed by atoms with Crippen LogP contribution in [0.2, 0.25) is 0 Å². The molecule has 1 fully saturated rings. The van der Waals surface area contributed by atoms with Gasteiger partial charge in [0.15, 0.2) is 17.2 Å². The van der Waals surface area contributed by atoms with Gasteiger partial charge in [-0.05, 0) is 73.0 Å². The quantitative estimate of drug-likeness (QED) is 0.251. The number of carbonyl (C=O) groups is 3. The number of aliphatic hydroxyl groups excluding tert-OH is 2. The van der Waals surface area contributed by atoms with Crippen molar-refractivity contribution >= 4 is 17.3 Å². The van der Waals surface area contributed by atoms with Gasteiger partial charge < -0.3 is 20.4 Å². The molecule has 1 unspecified atom stereocenters. The molecular weight excluding hydrogens is 556 g/mol. The fourth-order valence-electron chi connectivity index (χ4n) is 9.57. The SMILES string of the molecule is CC(=O)C1=C(O)C(C(C)C)[C@@]2(C)C[C@@]3(C)Cc4c(C(C)C)cc(CCC5CCC(C)CC5)c(O)c4C(=O)C3=C(O)[C@@]2(O)C1=O. The van der Waals surface area contributed by atoms with E-state index < -0.39 is 51.0 Å². The number of phenolic OH excluding ortho intramolecular Hbond substituents is 1. The minimum atomic E-state index is -2.59. The van der Waals surface area contributed by atoms with Gasteiger partial charge in [-0.3, -0.25) is 14.4 Å². The smallest absolute Gasteiger partial charge is 0.209 e. The number of hydrogen-bond acceptors (Lipinski definition) is 7. The van der Waals surface area contributed by atoms with Crippen LogP contribution in [0.4, 0.5) is 0 Å². The molecule has 4 atom stereocenters. The van der Waals surface area contributed by atoms with Gasteiger partial charge in [-0.1, -0.05) is 80.2 Å². The van der Waals surface area contributed by atoms with Crippen LogP contribution in [0.15, 0.2) is 28.7 Å². The minimum Gasteiger partial charge on any atom is -0.511 e. The van der Waals surface area contributed by atoms with E-state index in [4.69, 9.17) is 0 Å². The molecule has 240 valence electrons. The van der Waals surface area contributed by atoms with Crippen LogP contribution in [0.1, 0.15) is 127 Å². The summed E-state index contributed by atoms with van der Waals surface area (Å²) in [6.45, 7) is 14.8. The highest BCUT2D eigenvalue weighted by atomic mass is 16.3. The van der Waals surface area contributed by atoms with Crippen LogP contribution in [0, 0.1) is 34.5 Å². The van der Waals surface area contributed by atoms with Gasteiger partial charge in [-0.15, -0.1) is 0 Å². The third-order valence-electron chi connectivity index (χ3n) is 11.7. The maximum Gasteiger partial charge on any atom is 0.209 e. The van der Waals surface area contributed by atoms with E-state index in [2.05, 4.69) is 20.8 Å². The van der Waals surface area contributed by atoms with E-state index >= 15 is 0 Å². The Morgan fingerprint density at radius 3 is 2.18 bits per heavy atom. The van der Waals surface area contributed by atoms with Gasteiger partial charge in [0, 0.05) is 22.3 Å². The fourth-order valence-corrected chi connectivity index (χ4v) is 9.57. The summed E-state index contributed by atoms with van der Waals surface area (Å²) in [7, 11) is 0. The molecule has 0 spiro atoms. The van der Waals surface area contributed by atoms with Crippen LogP contribution in [0.5, 0.6) is 5.75 Å². The van der Waals surface area contributed by atoms with Crippen LogP contribution in [0.3, 0.4) is 0 Å². The van der Waals surface area contributed by atoms with Crippen LogP contribution >= 0.6 is 0 Å². The highest BCUT2D eigenvalue weighted by Gasteiger charge is 2.71. The van der Waals surface area contributed by atoms with Gasteiger partial charge in [-0.2, -0.15) is 0 Å². The number of Topliss-reactive ketones (excluding diaryl/α,β-unsaturated/α-hetero) is 3. The Kier molecular flexibility index (Phi) is 8.01. The zero-order valence-electron chi connectivity index (χ0n) is 27.6. The molecule has 0 heterocycles. The predicted molar refractivity (Wildman–Crippen MR) is 169 cm³/mol. The normalized spacial score (nSPS) is 33.9. The molecule has 0 bridgehead atoms. The fraction of sp³-hybridized carbons (Fsp3) is 0.649. The third-order valence-corrected chi connectivity index (χ3v) is 11.7. The molecule has 0 amide bonds. The summed E-state index contributed by atoms with van der Waals surface area (Å²) < 4.78 is 0. The summed E-state index contributed by atoms with van der Waals surface area (Å²) in [5.41, 5.74) is -3.08. The lowest BCUT2D eigenvalue weighted by molar-refractivity contribution is -0.171. The first-order valence-electron chi connectivity index (χ1n) is 16.5. The van der Waals surface area contributed by atoms with E-state index in [0.717, 1.165) is 43.2 Å². The van der Waals surface area contributed by atoms with Crippen molar-refractivity contribution in [3.05, 3.63) is 51.0 Å². The molecule has 0 radical (unpaired) electrons. The van der Waals surface area contributed by atoms with E-state index in [-0.39, 0.29) is 40.9 Å². The number of ketones is 3. The first-order chi connectivity index (χ1) is 20.4.